The number of hydrogen-bond acceptors (Lipinski definition) is 5. The molecule has 25 heavy (non-hydrogen) atoms. The number of carbonyl (C=O) groups is 1. The summed E-state index contributed by atoms with van der Waals surface area (Å²) in [6.45, 7) is 4.37. The Hall–Kier alpha value is -3.09. The minimum atomic E-state index is -0.496. The molecule has 7 heteroatoms. The van der Waals surface area contributed by atoms with Gasteiger partial charge in [0.25, 0.3) is 11.6 Å². The smallest absolute Gasteiger partial charge is 0.271 e. The topological polar surface area (TPSA) is 81.9 Å². The van der Waals surface area contributed by atoms with E-state index in [4.69, 9.17) is 9.47 Å². The quantitative estimate of drug-likeness (QED) is 0.630. The third-order valence-electron chi connectivity index (χ3n) is 4.01. The Morgan fingerprint density at radius 2 is 2.08 bits per heavy atom. The van der Waals surface area contributed by atoms with E-state index in [2.05, 4.69) is 0 Å². The van der Waals surface area contributed by atoms with Crippen molar-refractivity contribution in [2.75, 3.05) is 24.7 Å². The molecule has 0 spiro atoms. The highest BCUT2D eigenvalue weighted by Crippen LogP contribution is 2.35. The van der Waals surface area contributed by atoms with Gasteiger partial charge in [0.05, 0.1) is 17.2 Å². The van der Waals surface area contributed by atoms with Gasteiger partial charge in [0.2, 0.25) is 0 Å². The fraction of sp³-hybridized carbons (Fsp3) is 0.278. The molecule has 1 aliphatic rings. The molecule has 2 aromatic carbocycles. The molecule has 2 aromatic rings. The molecule has 3 rings (SSSR count). The number of fused-ring (bicyclic) bond motifs is 1. The molecule has 1 aliphatic heterocycles. The first-order chi connectivity index (χ1) is 12.0. The van der Waals surface area contributed by atoms with Crippen molar-refractivity contribution in [3.05, 3.63) is 57.6 Å². The Balaban J connectivity index is 1.78. The van der Waals surface area contributed by atoms with Crippen molar-refractivity contribution in [2.45, 2.75) is 13.8 Å². The van der Waals surface area contributed by atoms with E-state index in [1.165, 1.54) is 23.1 Å². The van der Waals surface area contributed by atoms with Gasteiger partial charge in [-0.1, -0.05) is 12.1 Å². The fourth-order valence-electron chi connectivity index (χ4n) is 2.66. The number of nitro groups is 1. The summed E-state index contributed by atoms with van der Waals surface area (Å²) in [4.78, 5) is 24.5. The Morgan fingerprint density at radius 3 is 2.84 bits per heavy atom. The van der Waals surface area contributed by atoms with Crippen LogP contribution in [0.2, 0.25) is 0 Å². The Bertz CT molecular complexity index is 834. The van der Waals surface area contributed by atoms with Gasteiger partial charge in [0, 0.05) is 12.1 Å². The first-order valence-electron chi connectivity index (χ1n) is 7.87. The monoisotopic (exact) mass is 342 g/mol. The third kappa shape index (κ3) is 3.55. The van der Waals surface area contributed by atoms with Crippen LogP contribution in [0.5, 0.6) is 11.5 Å². The van der Waals surface area contributed by atoms with Crippen LogP contribution in [0.1, 0.15) is 11.1 Å². The summed E-state index contributed by atoms with van der Waals surface area (Å²) in [5.41, 5.74) is 2.30. The van der Waals surface area contributed by atoms with Gasteiger partial charge in [-0.2, -0.15) is 0 Å². The standard InChI is InChI=1S/C18H18N2O5/c1-12-3-4-13(2)17(9-12)25-11-18(21)19-7-8-24-16-6-5-14(20(22)23)10-15(16)19/h3-6,9-10H,7-8,11H2,1-2H3. The van der Waals surface area contributed by atoms with E-state index in [0.29, 0.717) is 30.3 Å². The summed E-state index contributed by atoms with van der Waals surface area (Å²) in [6, 6.07) is 10.0. The predicted octanol–water partition coefficient (Wildman–Crippen LogP) is 3.02. The molecular formula is C18H18N2O5. The molecule has 0 atom stereocenters. The van der Waals surface area contributed by atoms with Crippen LogP contribution in [-0.2, 0) is 4.79 Å². The number of nitro benzene ring substituents is 1. The van der Waals surface area contributed by atoms with Gasteiger partial charge in [-0.05, 0) is 37.1 Å². The molecule has 0 N–H and O–H groups in total. The second-order valence-electron chi connectivity index (χ2n) is 5.86. The van der Waals surface area contributed by atoms with E-state index in [0.717, 1.165) is 11.1 Å². The summed E-state index contributed by atoms with van der Waals surface area (Å²) in [7, 11) is 0. The predicted molar refractivity (Wildman–Crippen MR) is 92.4 cm³/mol. The molecule has 0 saturated heterocycles. The zero-order valence-corrected chi connectivity index (χ0v) is 14.0. The van der Waals surface area contributed by atoms with Gasteiger partial charge in [-0.3, -0.25) is 14.9 Å². The van der Waals surface area contributed by atoms with Crippen molar-refractivity contribution in [3.8, 4) is 11.5 Å². The Kier molecular flexibility index (Phi) is 4.56. The van der Waals surface area contributed by atoms with Gasteiger partial charge < -0.3 is 14.4 Å². The highest BCUT2D eigenvalue weighted by Gasteiger charge is 2.26. The zero-order chi connectivity index (χ0) is 18.0. The van der Waals surface area contributed by atoms with Crippen LogP contribution >= 0.6 is 0 Å². The summed E-state index contributed by atoms with van der Waals surface area (Å²) in [5.74, 6) is 0.837. The lowest BCUT2D eigenvalue weighted by Crippen LogP contribution is -2.40. The summed E-state index contributed by atoms with van der Waals surface area (Å²) < 4.78 is 11.1. The lowest BCUT2D eigenvalue weighted by atomic mass is 10.1. The highest BCUT2D eigenvalue weighted by molar-refractivity contribution is 5.96. The zero-order valence-electron chi connectivity index (χ0n) is 14.0. The molecule has 0 saturated carbocycles. The highest BCUT2D eigenvalue weighted by atomic mass is 16.6. The van der Waals surface area contributed by atoms with Crippen LogP contribution < -0.4 is 14.4 Å². The largest absolute Gasteiger partial charge is 0.490 e. The summed E-state index contributed by atoms with van der Waals surface area (Å²) >= 11 is 0. The van der Waals surface area contributed by atoms with E-state index in [9.17, 15) is 14.9 Å². The number of rotatable bonds is 4. The van der Waals surface area contributed by atoms with Gasteiger partial charge in [-0.25, -0.2) is 0 Å². The number of ether oxygens (including phenoxy) is 2. The lowest BCUT2D eigenvalue weighted by Gasteiger charge is -2.29. The molecular weight excluding hydrogens is 324 g/mol. The molecule has 0 unspecified atom stereocenters. The average molecular weight is 342 g/mol. The minimum absolute atomic E-state index is 0.0857. The van der Waals surface area contributed by atoms with Gasteiger partial charge in [0.15, 0.2) is 6.61 Å². The van der Waals surface area contributed by atoms with Crippen LogP contribution in [0.25, 0.3) is 0 Å². The van der Waals surface area contributed by atoms with Crippen molar-refractivity contribution in [1.82, 2.24) is 0 Å². The summed E-state index contributed by atoms with van der Waals surface area (Å²) in [5, 5.41) is 11.0. The molecule has 0 bridgehead atoms. The van der Waals surface area contributed by atoms with Crippen LogP contribution in [0.15, 0.2) is 36.4 Å². The molecule has 1 heterocycles. The Labute approximate surface area is 144 Å². The summed E-state index contributed by atoms with van der Waals surface area (Å²) in [6.07, 6.45) is 0. The number of carbonyl (C=O) groups excluding carboxylic acids is 1. The first kappa shape index (κ1) is 16.8. The van der Waals surface area contributed by atoms with Gasteiger partial charge >= 0.3 is 0 Å². The molecule has 0 radical (unpaired) electrons. The van der Waals surface area contributed by atoms with Crippen molar-refractivity contribution >= 4 is 17.3 Å². The number of amides is 1. The number of nitrogens with zero attached hydrogens (tertiary/aromatic N) is 2. The van der Waals surface area contributed by atoms with E-state index < -0.39 is 4.92 Å². The molecule has 1 amide bonds. The normalized spacial score (nSPS) is 13.0. The van der Waals surface area contributed by atoms with Crippen molar-refractivity contribution < 1.29 is 19.2 Å². The second-order valence-corrected chi connectivity index (χ2v) is 5.86. The molecule has 0 fully saturated rings. The third-order valence-corrected chi connectivity index (χ3v) is 4.01. The van der Waals surface area contributed by atoms with Crippen LogP contribution in [0.4, 0.5) is 11.4 Å². The average Bonchev–Trinajstić information content (AvgIpc) is 2.61. The Morgan fingerprint density at radius 1 is 1.28 bits per heavy atom. The van der Waals surface area contributed by atoms with Crippen LogP contribution in [-0.4, -0.2) is 30.6 Å². The lowest BCUT2D eigenvalue weighted by molar-refractivity contribution is -0.384. The van der Waals surface area contributed by atoms with Crippen molar-refractivity contribution in [1.29, 1.82) is 0 Å². The SMILES string of the molecule is Cc1ccc(C)c(OCC(=O)N2CCOc3ccc([N+](=O)[O-])cc32)c1. The van der Waals surface area contributed by atoms with E-state index in [1.807, 2.05) is 32.0 Å². The number of non-ortho nitro benzene ring substituents is 1. The first-order valence-corrected chi connectivity index (χ1v) is 7.87. The van der Waals surface area contributed by atoms with Gasteiger partial charge in [0.1, 0.15) is 18.1 Å². The maximum absolute atomic E-state index is 12.6. The van der Waals surface area contributed by atoms with Crippen LogP contribution in [0, 0.1) is 24.0 Å². The molecule has 130 valence electrons. The maximum atomic E-state index is 12.6. The fourth-order valence-corrected chi connectivity index (χ4v) is 2.66. The molecule has 0 aliphatic carbocycles. The van der Waals surface area contributed by atoms with Crippen molar-refractivity contribution in [2.24, 2.45) is 0 Å². The van der Waals surface area contributed by atoms with E-state index >= 15 is 0 Å². The molecule has 0 aromatic heterocycles. The number of anilines is 1. The van der Waals surface area contributed by atoms with Crippen molar-refractivity contribution in [3.63, 3.8) is 0 Å². The molecule has 7 nitrogen and oxygen atoms in total. The number of hydrogen-bond donors (Lipinski definition) is 0. The van der Waals surface area contributed by atoms with Gasteiger partial charge in [-0.15, -0.1) is 0 Å². The number of aryl methyl sites for hydroxylation is 2. The van der Waals surface area contributed by atoms with Crippen LogP contribution in [0.3, 0.4) is 0 Å². The minimum Gasteiger partial charge on any atom is -0.490 e. The maximum Gasteiger partial charge on any atom is 0.271 e. The second kappa shape index (κ2) is 6.80. The number of benzene rings is 2. The van der Waals surface area contributed by atoms with E-state index in [1.54, 1.807) is 0 Å². The van der Waals surface area contributed by atoms with E-state index in [-0.39, 0.29) is 18.2 Å².